The zero-order valence-electron chi connectivity index (χ0n) is 12.8. The van der Waals surface area contributed by atoms with Crippen LogP contribution in [-0.4, -0.2) is 42.5 Å². The van der Waals surface area contributed by atoms with Crippen molar-refractivity contribution in [2.45, 2.75) is 20.3 Å². The molecule has 0 aliphatic carbocycles. The first-order valence-corrected chi connectivity index (χ1v) is 7.31. The smallest absolute Gasteiger partial charge is 0.338 e. The van der Waals surface area contributed by atoms with Gasteiger partial charge in [0.05, 0.1) is 5.56 Å². The SMILES string of the molecule is CC(C)Cc1ccc(C(=O)OCC(=O)N2CCNC2=O)cc1. The van der Waals surface area contributed by atoms with Crippen molar-refractivity contribution in [2.75, 3.05) is 19.7 Å². The van der Waals surface area contributed by atoms with Crippen molar-refractivity contribution in [2.24, 2.45) is 5.92 Å². The maximum atomic E-state index is 11.9. The van der Waals surface area contributed by atoms with E-state index in [9.17, 15) is 14.4 Å². The molecule has 6 nitrogen and oxygen atoms in total. The highest BCUT2D eigenvalue weighted by atomic mass is 16.5. The quantitative estimate of drug-likeness (QED) is 0.838. The van der Waals surface area contributed by atoms with Crippen molar-refractivity contribution < 1.29 is 19.1 Å². The molecule has 6 heteroatoms. The van der Waals surface area contributed by atoms with Gasteiger partial charge in [0.1, 0.15) is 0 Å². The number of hydrogen-bond acceptors (Lipinski definition) is 4. The second kappa shape index (κ2) is 7.06. The predicted molar refractivity (Wildman–Crippen MR) is 80.4 cm³/mol. The van der Waals surface area contributed by atoms with Crippen molar-refractivity contribution in [3.8, 4) is 0 Å². The molecule has 0 unspecified atom stereocenters. The number of ether oxygens (including phenoxy) is 1. The summed E-state index contributed by atoms with van der Waals surface area (Å²) in [6.45, 7) is 4.56. The number of urea groups is 1. The van der Waals surface area contributed by atoms with Crippen LogP contribution in [0, 0.1) is 5.92 Å². The fourth-order valence-corrected chi connectivity index (χ4v) is 2.25. The van der Waals surface area contributed by atoms with Gasteiger partial charge in [0.25, 0.3) is 5.91 Å². The van der Waals surface area contributed by atoms with Gasteiger partial charge < -0.3 is 10.1 Å². The third-order valence-electron chi connectivity index (χ3n) is 3.32. The molecule has 3 amide bonds. The first kappa shape index (κ1) is 16.0. The zero-order chi connectivity index (χ0) is 16.1. The standard InChI is InChI=1S/C16H20N2O4/c1-11(2)9-12-3-5-13(6-4-12)15(20)22-10-14(19)18-8-7-17-16(18)21/h3-6,11H,7-10H2,1-2H3,(H,17,21). The summed E-state index contributed by atoms with van der Waals surface area (Å²) in [6.07, 6.45) is 0.942. The van der Waals surface area contributed by atoms with Gasteiger partial charge in [0, 0.05) is 13.1 Å². The molecule has 0 spiro atoms. The molecule has 1 heterocycles. The highest BCUT2D eigenvalue weighted by molar-refractivity contribution is 5.98. The van der Waals surface area contributed by atoms with E-state index in [0.717, 1.165) is 16.9 Å². The Morgan fingerprint density at radius 2 is 1.95 bits per heavy atom. The summed E-state index contributed by atoms with van der Waals surface area (Å²) in [6, 6.07) is 6.69. The molecule has 118 valence electrons. The Morgan fingerprint density at radius 1 is 1.27 bits per heavy atom. The Kier molecular flexibility index (Phi) is 5.14. The number of carbonyl (C=O) groups is 3. The molecule has 1 aliphatic rings. The number of hydrogen-bond donors (Lipinski definition) is 1. The largest absolute Gasteiger partial charge is 0.452 e. The van der Waals surface area contributed by atoms with E-state index in [4.69, 9.17) is 4.74 Å². The molecule has 1 aromatic carbocycles. The fourth-order valence-electron chi connectivity index (χ4n) is 2.25. The highest BCUT2D eigenvalue weighted by Crippen LogP contribution is 2.11. The molecule has 0 aromatic heterocycles. The van der Waals surface area contributed by atoms with Crippen molar-refractivity contribution in [1.82, 2.24) is 10.2 Å². The summed E-state index contributed by atoms with van der Waals surface area (Å²) < 4.78 is 4.96. The molecule has 1 saturated heterocycles. The normalized spacial score (nSPS) is 14.1. The summed E-state index contributed by atoms with van der Waals surface area (Å²) >= 11 is 0. The predicted octanol–water partition coefficient (Wildman–Crippen LogP) is 1.59. The number of carbonyl (C=O) groups excluding carboxylic acids is 3. The Hall–Kier alpha value is -2.37. The topological polar surface area (TPSA) is 75.7 Å². The van der Waals surface area contributed by atoms with Gasteiger partial charge in [0.2, 0.25) is 0 Å². The van der Waals surface area contributed by atoms with Crippen LogP contribution in [0.5, 0.6) is 0 Å². The zero-order valence-corrected chi connectivity index (χ0v) is 12.8. The molecule has 2 rings (SSSR count). The minimum absolute atomic E-state index is 0.305. The summed E-state index contributed by atoms with van der Waals surface area (Å²) in [4.78, 5) is 36.0. The van der Waals surface area contributed by atoms with Crippen LogP contribution in [0.25, 0.3) is 0 Å². The van der Waals surface area contributed by atoms with Gasteiger partial charge in [0.15, 0.2) is 6.61 Å². The van der Waals surface area contributed by atoms with Crippen LogP contribution in [0.3, 0.4) is 0 Å². The van der Waals surface area contributed by atoms with E-state index in [1.165, 1.54) is 0 Å². The van der Waals surface area contributed by atoms with Gasteiger partial charge >= 0.3 is 12.0 Å². The van der Waals surface area contributed by atoms with Crippen molar-refractivity contribution in [3.05, 3.63) is 35.4 Å². The fraction of sp³-hybridized carbons (Fsp3) is 0.438. The molecule has 1 N–H and O–H groups in total. The molecule has 1 aliphatic heterocycles. The summed E-state index contributed by atoms with van der Waals surface area (Å²) in [7, 11) is 0. The molecule has 0 atom stereocenters. The van der Waals surface area contributed by atoms with Gasteiger partial charge in [-0.3, -0.25) is 9.69 Å². The molecule has 0 saturated carbocycles. The maximum absolute atomic E-state index is 11.9. The number of rotatable bonds is 5. The molecule has 0 bridgehead atoms. The Balaban J connectivity index is 1.86. The average molecular weight is 304 g/mol. The Morgan fingerprint density at radius 3 is 2.50 bits per heavy atom. The molecule has 1 fully saturated rings. The summed E-state index contributed by atoms with van der Waals surface area (Å²) in [5, 5.41) is 2.52. The van der Waals surface area contributed by atoms with Gasteiger partial charge in [-0.25, -0.2) is 9.59 Å². The van der Waals surface area contributed by atoms with E-state index in [2.05, 4.69) is 19.2 Å². The summed E-state index contributed by atoms with van der Waals surface area (Å²) in [5.41, 5.74) is 1.54. The van der Waals surface area contributed by atoms with Gasteiger partial charge in [-0.05, 0) is 30.0 Å². The third-order valence-corrected chi connectivity index (χ3v) is 3.32. The van der Waals surface area contributed by atoms with Crippen molar-refractivity contribution >= 4 is 17.9 Å². The van der Waals surface area contributed by atoms with Gasteiger partial charge in [-0.1, -0.05) is 26.0 Å². The molecule has 1 aromatic rings. The third kappa shape index (κ3) is 4.07. The lowest BCUT2D eigenvalue weighted by atomic mass is 10.0. The van der Waals surface area contributed by atoms with Gasteiger partial charge in [-0.15, -0.1) is 0 Å². The second-order valence-electron chi connectivity index (χ2n) is 5.65. The van der Waals surface area contributed by atoms with Crippen molar-refractivity contribution in [1.29, 1.82) is 0 Å². The van der Waals surface area contributed by atoms with Crippen LogP contribution < -0.4 is 5.32 Å². The second-order valence-corrected chi connectivity index (χ2v) is 5.65. The van der Waals surface area contributed by atoms with Crippen LogP contribution in [0.1, 0.15) is 29.8 Å². The summed E-state index contributed by atoms with van der Waals surface area (Å²) in [5.74, 6) is -0.536. The van der Waals surface area contributed by atoms with Crippen LogP contribution in [0.4, 0.5) is 4.79 Å². The first-order valence-electron chi connectivity index (χ1n) is 7.31. The highest BCUT2D eigenvalue weighted by Gasteiger charge is 2.26. The molecule has 0 radical (unpaired) electrons. The van der Waals surface area contributed by atoms with E-state index in [1.807, 2.05) is 12.1 Å². The Labute approximate surface area is 129 Å². The number of esters is 1. The van der Waals surface area contributed by atoms with Crippen LogP contribution in [-0.2, 0) is 16.0 Å². The molecule has 22 heavy (non-hydrogen) atoms. The number of amides is 3. The monoisotopic (exact) mass is 304 g/mol. The average Bonchev–Trinajstić information content (AvgIpc) is 2.91. The maximum Gasteiger partial charge on any atom is 0.338 e. The van der Waals surface area contributed by atoms with E-state index >= 15 is 0 Å². The lowest BCUT2D eigenvalue weighted by molar-refractivity contribution is -0.130. The van der Waals surface area contributed by atoms with E-state index in [1.54, 1.807) is 12.1 Å². The van der Waals surface area contributed by atoms with Gasteiger partial charge in [-0.2, -0.15) is 0 Å². The molecular weight excluding hydrogens is 284 g/mol. The van der Waals surface area contributed by atoms with E-state index in [-0.39, 0.29) is 0 Å². The van der Waals surface area contributed by atoms with Crippen molar-refractivity contribution in [3.63, 3.8) is 0 Å². The van der Waals surface area contributed by atoms with E-state index < -0.39 is 24.5 Å². The lowest BCUT2D eigenvalue weighted by Gasteiger charge is -2.12. The van der Waals surface area contributed by atoms with E-state index in [0.29, 0.717) is 24.6 Å². The van der Waals surface area contributed by atoms with Crippen LogP contribution in [0.2, 0.25) is 0 Å². The number of nitrogens with one attached hydrogen (secondary N) is 1. The van der Waals surface area contributed by atoms with Crippen LogP contribution >= 0.6 is 0 Å². The minimum atomic E-state index is -0.566. The number of imide groups is 1. The minimum Gasteiger partial charge on any atom is -0.452 e. The number of benzene rings is 1. The van der Waals surface area contributed by atoms with Crippen LogP contribution in [0.15, 0.2) is 24.3 Å². The Bertz CT molecular complexity index is 566. The first-order chi connectivity index (χ1) is 10.5. The lowest BCUT2D eigenvalue weighted by Crippen LogP contribution is -2.37. The molecular formula is C16H20N2O4. The number of nitrogens with zero attached hydrogens (tertiary/aromatic N) is 1.